The predicted molar refractivity (Wildman–Crippen MR) is 29.6 cm³/mol. The first-order valence-corrected chi connectivity index (χ1v) is 2.89. The summed E-state index contributed by atoms with van der Waals surface area (Å²) in [6, 6.07) is 0. The molecule has 1 aliphatic carbocycles. The lowest BCUT2D eigenvalue weighted by atomic mass is 10.7. The van der Waals surface area contributed by atoms with E-state index in [-0.39, 0.29) is 5.97 Å². The highest BCUT2D eigenvalue weighted by molar-refractivity contribution is 6.25. The van der Waals surface area contributed by atoms with Crippen molar-refractivity contribution in [1.29, 1.82) is 0 Å². The number of ether oxygens (including phenoxy) is 1. The summed E-state index contributed by atoms with van der Waals surface area (Å²) in [5, 5.41) is -0.605. The summed E-state index contributed by atoms with van der Waals surface area (Å²) in [6.07, 6.45) is 1.60. The van der Waals surface area contributed by atoms with Gasteiger partial charge in [0.15, 0.2) is 5.06 Å². The summed E-state index contributed by atoms with van der Waals surface area (Å²) < 4.78 is 4.68. The van der Waals surface area contributed by atoms with Crippen molar-refractivity contribution in [3.05, 3.63) is 0 Å². The van der Waals surface area contributed by atoms with E-state index in [9.17, 15) is 4.79 Å². The largest absolute Gasteiger partial charge is 0.443 e. The molecule has 0 aromatic heterocycles. The molecule has 0 bridgehead atoms. The van der Waals surface area contributed by atoms with E-state index in [1.165, 1.54) is 6.92 Å². The van der Waals surface area contributed by atoms with Crippen LogP contribution in [0.1, 0.15) is 19.8 Å². The molecular formula is C5H7ClO2. The Kier molecular flexibility index (Phi) is 1.19. The first-order chi connectivity index (χ1) is 3.62. The number of hydrogen-bond donors (Lipinski definition) is 0. The maximum absolute atomic E-state index is 10.2. The Labute approximate surface area is 52.8 Å². The van der Waals surface area contributed by atoms with E-state index in [1.807, 2.05) is 0 Å². The molecule has 0 atom stereocenters. The van der Waals surface area contributed by atoms with Crippen LogP contribution < -0.4 is 0 Å². The fourth-order valence-corrected chi connectivity index (χ4v) is 0.661. The number of carbonyl (C=O) groups excluding carboxylic acids is 1. The second-order valence-corrected chi connectivity index (χ2v) is 2.67. The standard InChI is InChI=1S/C5H7ClO2/c1-4(7)8-5(6)2-3-5/h2-3H2,1H3. The van der Waals surface area contributed by atoms with E-state index in [0.29, 0.717) is 0 Å². The lowest BCUT2D eigenvalue weighted by molar-refractivity contribution is -0.144. The highest BCUT2D eigenvalue weighted by atomic mass is 35.5. The van der Waals surface area contributed by atoms with E-state index >= 15 is 0 Å². The van der Waals surface area contributed by atoms with Crippen molar-refractivity contribution in [3.63, 3.8) is 0 Å². The Balaban J connectivity index is 2.29. The first-order valence-electron chi connectivity index (χ1n) is 2.51. The van der Waals surface area contributed by atoms with E-state index in [4.69, 9.17) is 11.6 Å². The third-order valence-electron chi connectivity index (χ3n) is 0.970. The van der Waals surface area contributed by atoms with Gasteiger partial charge in [-0.15, -0.1) is 0 Å². The minimum absolute atomic E-state index is 0.294. The Hall–Kier alpha value is -0.240. The van der Waals surface area contributed by atoms with Crippen LogP contribution in [0.15, 0.2) is 0 Å². The lowest BCUT2D eigenvalue weighted by Crippen LogP contribution is -2.08. The summed E-state index contributed by atoms with van der Waals surface area (Å²) in [4.78, 5) is 10.2. The molecule has 8 heavy (non-hydrogen) atoms. The first kappa shape index (κ1) is 5.89. The Morgan fingerprint density at radius 3 is 2.38 bits per heavy atom. The summed E-state index contributed by atoms with van der Waals surface area (Å²) in [5.41, 5.74) is 0. The van der Waals surface area contributed by atoms with Crippen LogP contribution in [0, 0.1) is 0 Å². The molecule has 0 aromatic carbocycles. The number of hydrogen-bond acceptors (Lipinski definition) is 2. The van der Waals surface area contributed by atoms with Gasteiger partial charge in [-0.3, -0.25) is 4.79 Å². The SMILES string of the molecule is CC(=O)OC1(Cl)CC1. The molecule has 0 aromatic rings. The molecule has 1 aliphatic rings. The van der Waals surface area contributed by atoms with Crippen molar-refractivity contribution >= 4 is 17.6 Å². The molecule has 0 spiro atoms. The van der Waals surface area contributed by atoms with Crippen LogP contribution in [0.2, 0.25) is 0 Å². The summed E-state index contributed by atoms with van der Waals surface area (Å²) >= 11 is 5.60. The highest BCUT2D eigenvalue weighted by Gasteiger charge is 2.44. The zero-order valence-corrected chi connectivity index (χ0v) is 5.36. The monoisotopic (exact) mass is 134 g/mol. The van der Waals surface area contributed by atoms with E-state index in [0.717, 1.165) is 12.8 Å². The Morgan fingerprint density at radius 1 is 1.75 bits per heavy atom. The van der Waals surface area contributed by atoms with Crippen molar-refractivity contribution in [2.24, 2.45) is 0 Å². The van der Waals surface area contributed by atoms with Gasteiger partial charge in [-0.05, 0) is 0 Å². The maximum atomic E-state index is 10.2. The van der Waals surface area contributed by atoms with Gasteiger partial charge < -0.3 is 4.74 Å². The highest BCUT2D eigenvalue weighted by Crippen LogP contribution is 2.43. The molecule has 0 heterocycles. The fourth-order valence-electron chi connectivity index (χ4n) is 0.458. The van der Waals surface area contributed by atoms with Crippen molar-refractivity contribution in [2.45, 2.75) is 24.8 Å². The van der Waals surface area contributed by atoms with E-state index in [1.54, 1.807) is 0 Å². The van der Waals surface area contributed by atoms with Gasteiger partial charge in [0, 0.05) is 19.8 Å². The molecular weight excluding hydrogens is 128 g/mol. The molecule has 2 nitrogen and oxygen atoms in total. The van der Waals surface area contributed by atoms with Crippen LogP contribution in [0.3, 0.4) is 0 Å². The van der Waals surface area contributed by atoms with E-state index in [2.05, 4.69) is 4.74 Å². The summed E-state index contributed by atoms with van der Waals surface area (Å²) in [6.45, 7) is 1.36. The topological polar surface area (TPSA) is 26.3 Å². The molecule has 0 amide bonds. The lowest BCUT2D eigenvalue weighted by Gasteiger charge is -2.03. The van der Waals surface area contributed by atoms with Crippen LogP contribution in [-0.4, -0.2) is 11.0 Å². The van der Waals surface area contributed by atoms with Gasteiger partial charge in [0.25, 0.3) is 0 Å². The van der Waals surface area contributed by atoms with Gasteiger partial charge >= 0.3 is 5.97 Å². The molecule has 1 fully saturated rings. The van der Waals surface area contributed by atoms with Crippen LogP contribution in [-0.2, 0) is 9.53 Å². The van der Waals surface area contributed by atoms with Crippen LogP contribution in [0.5, 0.6) is 0 Å². The molecule has 0 radical (unpaired) electrons. The molecule has 0 unspecified atom stereocenters. The van der Waals surface area contributed by atoms with Crippen molar-refractivity contribution in [1.82, 2.24) is 0 Å². The second kappa shape index (κ2) is 1.62. The number of alkyl halides is 1. The van der Waals surface area contributed by atoms with Gasteiger partial charge in [-0.25, -0.2) is 0 Å². The van der Waals surface area contributed by atoms with Crippen molar-refractivity contribution in [3.8, 4) is 0 Å². The fraction of sp³-hybridized carbons (Fsp3) is 0.800. The minimum atomic E-state index is -0.605. The Morgan fingerprint density at radius 2 is 2.25 bits per heavy atom. The molecule has 0 N–H and O–H groups in total. The molecule has 0 aliphatic heterocycles. The molecule has 46 valence electrons. The molecule has 3 heteroatoms. The van der Waals surface area contributed by atoms with Gasteiger partial charge in [-0.2, -0.15) is 0 Å². The second-order valence-electron chi connectivity index (χ2n) is 1.98. The van der Waals surface area contributed by atoms with Gasteiger partial charge in [0.2, 0.25) is 0 Å². The molecule has 1 rings (SSSR count). The maximum Gasteiger partial charge on any atom is 0.304 e. The average Bonchev–Trinajstić information content (AvgIpc) is 2.17. The van der Waals surface area contributed by atoms with Crippen molar-refractivity contribution in [2.75, 3.05) is 0 Å². The predicted octanol–water partition coefficient (Wildman–Crippen LogP) is 1.28. The number of carbonyl (C=O) groups is 1. The molecule has 1 saturated carbocycles. The normalized spacial score (nSPS) is 22.2. The smallest absolute Gasteiger partial charge is 0.304 e. The third-order valence-corrected chi connectivity index (χ3v) is 1.42. The zero-order chi connectivity index (χ0) is 6.20. The third kappa shape index (κ3) is 1.37. The van der Waals surface area contributed by atoms with Crippen molar-refractivity contribution < 1.29 is 9.53 Å². The number of esters is 1. The van der Waals surface area contributed by atoms with Gasteiger partial charge in [0.1, 0.15) is 0 Å². The van der Waals surface area contributed by atoms with Gasteiger partial charge in [-0.1, -0.05) is 11.6 Å². The number of rotatable bonds is 1. The number of halogens is 1. The van der Waals surface area contributed by atoms with Crippen LogP contribution in [0.4, 0.5) is 0 Å². The average molecular weight is 135 g/mol. The van der Waals surface area contributed by atoms with E-state index < -0.39 is 5.06 Å². The summed E-state index contributed by atoms with van der Waals surface area (Å²) in [5.74, 6) is -0.294. The zero-order valence-electron chi connectivity index (χ0n) is 4.61. The van der Waals surface area contributed by atoms with Gasteiger partial charge in [0.05, 0.1) is 0 Å². The summed E-state index contributed by atoms with van der Waals surface area (Å²) in [7, 11) is 0. The van der Waals surface area contributed by atoms with Crippen LogP contribution >= 0.6 is 11.6 Å². The van der Waals surface area contributed by atoms with Crippen LogP contribution in [0.25, 0.3) is 0 Å². The quantitative estimate of drug-likeness (QED) is 0.399. The Bertz CT molecular complexity index is 118. The molecule has 0 saturated heterocycles. The minimum Gasteiger partial charge on any atom is -0.443 e.